The molecule has 0 aliphatic rings. The Morgan fingerprint density at radius 2 is 2.38 bits per heavy atom. The van der Waals surface area contributed by atoms with Crippen LogP contribution < -0.4 is 5.73 Å². The van der Waals surface area contributed by atoms with Gasteiger partial charge in [-0.05, 0) is 6.92 Å². The molecule has 2 N–H and O–H groups in total. The lowest BCUT2D eigenvalue weighted by atomic mass is 10.5. The van der Waals surface area contributed by atoms with Crippen LogP contribution in [0.5, 0.6) is 0 Å². The van der Waals surface area contributed by atoms with E-state index >= 15 is 0 Å². The van der Waals surface area contributed by atoms with Crippen molar-refractivity contribution in [3.05, 3.63) is 0 Å². The van der Waals surface area contributed by atoms with Gasteiger partial charge in [-0.1, -0.05) is 0 Å². The molecule has 4 heteroatoms. The summed E-state index contributed by atoms with van der Waals surface area (Å²) in [5, 5.41) is 0. The molecule has 0 spiro atoms. The van der Waals surface area contributed by atoms with Gasteiger partial charge in [0.15, 0.2) is 12.4 Å². The van der Waals surface area contributed by atoms with Crippen molar-refractivity contribution in [3.63, 3.8) is 0 Å². The van der Waals surface area contributed by atoms with Crippen LogP contribution in [0.15, 0.2) is 0 Å². The van der Waals surface area contributed by atoms with E-state index in [1.54, 1.807) is 0 Å². The summed E-state index contributed by atoms with van der Waals surface area (Å²) in [5.41, 5.74) is 4.55. The van der Waals surface area contributed by atoms with Crippen molar-refractivity contribution >= 4 is 12.4 Å². The van der Waals surface area contributed by atoms with E-state index in [1.807, 2.05) is 0 Å². The molecule has 1 amide bonds. The second kappa shape index (κ2) is 3.01. The Balaban J connectivity index is 3.38. The minimum Gasteiger partial charge on any atom is -0.439 e. The molecule has 4 nitrogen and oxygen atoms in total. The van der Waals surface area contributed by atoms with Gasteiger partial charge in [0.05, 0.1) is 0 Å². The number of hydrogen-bond donors (Lipinski definition) is 1. The summed E-state index contributed by atoms with van der Waals surface area (Å²) < 4.78 is 4.17. The molecule has 0 saturated heterocycles. The predicted octanol–water partition coefficient (Wildman–Crippen LogP) is -0.331. The lowest BCUT2D eigenvalue weighted by Gasteiger charge is -2.00. The van der Waals surface area contributed by atoms with Crippen LogP contribution in [0.2, 0.25) is 0 Å². The second-order valence-electron chi connectivity index (χ2n) is 1.28. The van der Waals surface area contributed by atoms with Crippen molar-refractivity contribution in [2.45, 2.75) is 13.0 Å². The van der Waals surface area contributed by atoms with Crippen molar-refractivity contribution < 1.29 is 14.3 Å². The molecular weight excluding hydrogens is 110 g/mol. The molecule has 46 valence electrons. The molecule has 0 heterocycles. The molecule has 0 aromatic heterocycles. The topological polar surface area (TPSA) is 69.4 Å². The third kappa shape index (κ3) is 3.14. The van der Waals surface area contributed by atoms with Gasteiger partial charge in [0, 0.05) is 0 Å². The first-order valence-corrected chi connectivity index (χ1v) is 2.08. The maximum Gasteiger partial charge on any atom is 0.405 e. The Morgan fingerprint density at radius 1 is 1.88 bits per heavy atom. The van der Waals surface area contributed by atoms with E-state index in [-0.39, 0.29) is 0 Å². The molecule has 0 radical (unpaired) electrons. The molecular formula is C4H7NO3. The van der Waals surface area contributed by atoms with Crippen molar-refractivity contribution in [1.82, 2.24) is 0 Å². The fourth-order valence-electron chi connectivity index (χ4n) is 0.211. The zero-order valence-corrected chi connectivity index (χ0v) is 4.46. The predicted molar refractivity (Wildman–Crippen MR) is 26.2 cm³/mol. The SMILES string of the molecule is C[C@@H](C=O)OC(N)=O. The van der Waals surface area contributed by atoms with Gasteiger partial charge in [-0.3, -0.25) is 4.79 Å². The minimum absolute atomic E-state index is 0.491. The number of rotatable bonds is 2. The molecule has 0 aliphatic heterocycles. The number of nitrogens with two attached hydrogens (primary N) is 1. The zero-order chi connectivity index (χ0) is 6.57. The van der Waals surface area contributed by atoms with Crippen LogP contribution in [0.4, 0.5) is 4.79 Å². The van der Waals surface area contributed by atoms with Crippen molar-refractivity contribution in [3.8, 4) is 0 Å². The van der Waals surface area contributed by atoms with E-state index in [0.717, 1.165) is 0 Å². The summed E-state index contributed by atoms with van der Waals surface area (Å²) in [6.45, 7) is 1.43. The summed E-state index contributed by atoms with van der Waals surface area (Å²) in [7, 11) is 0. The van der Waals surface area contributed by atoms with Crippen molar-refractivity contribution in [2.75, 3.05) is 0 Å². The lowest BCUT2D eigenvalue weighted by molar-refractivity contribution is -0.114. The number of aldehydes is 1. The summed E-state index contributed by atoms with van der Waals surface area (Å²) in [6.07, 6.45) is -1.16. The number of hydrogen-bond acceptors (Lipinski definition) is 3. The lowest BCUT2D eigenvalue weighted by Crippen LogP contribution is -2.20. The summed E-state index contributed by atoms with van der Waals surface area (Å²) >= 11 is 0. The van der Waals surface area contributed by atoms with Crippen LogP contribution in [0.3, 0.4) is 0 Å². The van der Waals surface area contributed by atoms with Gasteiger partial charge in [-0.2, -0.15) is 0 Å². The monoisotopic (exact) mass is 117 g/mol. The Hall–Kier alpha value is -1.06. The van der Waals surface area contributed by atoms with Crippen LogP contribution in [-0.4, -0.2) is 18.5 Å². The highest BCUT2D eigenvalue weighted by atomic mass is 16.6. The Morgan fingerprint density at radius 3 is 2.50 bits per heavy atom. The van der Waals surface area contributed by atoms with Crippen molar-refractivity contribution in [1.29, 1.82) is 0 Å². The minimum atomic E-state index is -0.926. The van der Waals surface area contributed by atoms with E-state index in [2.05, 4.69) is 10.5 Å². The Labute approximate surface area is 46.6 Å². The van der Waals surface area contributed by atoms with Crippen LogP contribution in [0, 0.1) is 0 Å². The first-order chi connectivity index (χ1) is 3.66. The molecule has 0 unspecified atom stereocenters. The average Bonchev–Trinajstić information content (AvgIpc) is 1.65. The Kier molecular flexibility index (Phi) is 2.61. The zero-order valence-electron chi connectivity index (χ0n) is 4.46. The maximum absolute atomic E-state index is 9.81. The van der Waals surface area contributed by atoms with Gasteiger partial charge in [0.1, 0.15) is 0 Å². The number of ether oxygens (including phenoxy) is 1. The first kappa shape index (κ1) is 6.94. The third-order valence-electron chi connectivity index (χ3n) is 0.494. The maximum atomic E-state index is 9.81. The van der Waals surface area contributed by atoms with Crippen molar-refractivity contribution in [2.24, 2.45) is 5.73 Å². The molecule has 8 heavy (non-hydrogen) atoms. The van der Waals surface area contributed by atoms with Gasteiger partial charge in [0.25, 0.3) is 0 Å². The van der Waals surface area contributed by atoms with Gasteiger partial charge in [0.2, 0.25) is 0 Å². The highest BCUT2D eigenvalue weighted by molar-refractivity contribution is 5.68. The molecule has 0 aliphatic carbocycles. The number of carbonyl (C=O) groups is 2. The van der Waals surface area contributed by atoms with Crippen LogP contribution in [-0.2, 0) is 9.53 Å². The highest BCUT2D eigenvalue weighted by Crippen LogP contribution is 1.82. The fourth-order valence-corrected chi connectivity index (χ4v) is 0.211. The first-order valence-electron chi connectivity index (χ1n) is 2.08. The smallest absolute Gasteiger partial charge is 0.405 e. The van der Waals surface area contributed by atoms with E-state index in [4.69, 9.17) is 0 Å². The molecule has 0 rings (SSSR count). The molecule has 0 aromatic carbocycles. The summed E-state index contributed by atoms with van der Waals surface area (Å²) in [6, 6.07) is 0. The Bertz CT molecular complexity index is 101. The number of carbonyl (C=O) groups excluding carboxylic acids is 2. The van der Waals surface area contributed by atoms with E-state index in [0.29, 0.717) is 6.29 Å². The fraction of sp³-hybridized carbons (Fsp3) is 0.500. The summed E-state index contributed by atoms with van der Waals surface area (Å²) in [4.78, 5) is 19.5. The van der Waals surface area contributed by atoms with E-state index in [9.17, 15) is 9.59 Å². The van der Waals surface area contributed by atoms with E-state index in [1.165, 1.54) is 6.92 Å². The average molecular weight is 117 g/mol. The van der Waals surface area contributed by atoms with Gasteiger partial charge >= 0.3 is 6.09 Å². The van der Waals surface area contributed by atoms with Crippen LogP contribution in [0.25, 0.3) is 0 Å². The molecule has 0 bridgehead atoms. The van der Waals surface area contributed by atoms with Gasteiger partial charge < -0.3 is 10.5 Å². The molecule has 1 atom stereocenters. The standard InChI is InChI=1S/C4H7NO3/c1-3(2-6)8-4(5)7/h2-3H,1H3,(H2,5,7)/t3-/m0/s1. The third-order valence-corrected chi connectivity index (χ3v) is 0.494. The van der Waals surface area contributed by atoms with Gasteiger partial charge in [-0.15, -0.1) is 0 Å². The van der Waals surface area contributed by atoms with E-state index < -0.39 is 12.2 Å². The second-order valence-corrected chi connectivity index (χ2v) is 1.28. The number of amides is 1. The largest absolute Gasteiger partial charge is 0.439 e. The molecule has 0 aromatic rings. The summed E-state index contributed by atoms with van der Waals surface area (Å²) in [5.74, 6) is 0. The van der Waals surface area contributed by atoms with Gasteiger partial charge in [-0.25, -0.2) is 4.79 Å². The van der Waals surface area contributed by atoms with Crippen LogP contribution >= 0.6 is 0 Å². The molecule has 0 saturated carbocycles. The normalized spacial score (nSPS) is 12.1. The quantitative estimate of drug-likeness (QED) is 0.503. The molecule has 0 fully saturated rings. The number of primary amides is 1. The van der Waals surface area contributed by atoms with Crippen LogP contribution in [0.1, 0.15) is 6.92 Å². The highest BCUT2D eigenvalue weighted by Gasteiger charge is 2.00.